The van der Waals surface area contributed by atoms with Crippen molar-refractivity contribution < 1.29 is 4.74 Å². The van der Waals surface area contributed by atoms with Crippen LogP contribution < -0.4 is 15.5 Å². The molecular formula is C20H30IN5OS. The molecule has 154 valence electrons. The van der Waals surface area contributed by atoms with Gasteiger partial charge in [-0.1, -0.05) is 6.07 Å². The third kappa shape index (κ3) is 6.31. The number of nitrogens with zero attached hydrogens (tertiary/aromatic N) is 3. The van der Waals surface area contributed by atoms with Gasteiger partial charge in [0.1, 0.15) is 5.82 Å². The van der Waals surface area contributed by atoms with Crippen LogP contribution in [0.15, 0.2) is 34.8 Å². The van der Waals surface area contributed by atoms with Gasteiger partial charge in [0, 0.05) is 37.8 Å². The molecule has 8 heteroatoms. The Kier molecular flexibility index (Phi) is 8.97. The van der Waals surface area contributed by atoms with Gasteiger partial charge in [-0.3, -0.25) is 4.99 Å². The van der Waals surface area contributed by atoms with Gasteiger partial charge >= 0.3 is 0 Å². The molecule has 2 unspecified atom stereocenters. The predicted octanol–water partition coefficient (Wildman–Crippen LogP) is 3.55. The summed E-state index contributed by atoms with van der Waals surface area (Å²) < 4.78 is 5.80. The number of thiophene rings is 1. The van der Waals surface area contributed by atoms with E-state index >= 15 is 0 Å². The molecule has 0 aromatic carbocycles. The molecule has 6 nitrogen and oxygen atoms in total. The van der Waals surface area contributed by atoms with Gasteiger partial charge in [-0.2, -0.15) is 0 Å². The Labute approximate surface area is 188 Å². The zero-order valence-electron chi connectivity index (χ0n) is 16.9. The van der Waals surface area contributed by atoms with Gasteiger partial charge in [0.2, 0.25) is 0 Å². The number of aliphatic imine (C=N–C) groups is 1. The highest BCUT2D eigenvalue weighted by Crippen LogP contribution is 2.18. The monoisotopic (exact) mass is 515 g/mol. The molecule has 0 saturated carbocycles. The summed E-state index contributed by atoms with van der Waals surface area (Å²) in [4.78, 5) is 12.6. The van der Waals surface area contributed by atoms with Crippen molar-refractivity contribution in [2.24, 2.45) is 4.99 Å². The lowest BCUT2D eigenvalue weighted by molar-refractivity contribution is -0.00545. The van der Waals surface area contributed by atoms with E-state index in [9.17, 15) is 0 Å². The standard InChI is InChI=1S/C20H29N5OS.HI/c1-14-7-8-27-18(14)11-24-20(21-4)23-10-17-5-6-19(22-9-17)25-12-15(2)26-16(3)13-25;/h5-9,15-16H,10-13H2,1-4H3,(H2,21,23,24);1H. The largest absolute Gasteiger partial charge is 0.372 e. The molecule has 0 amide bonds. The molecular weight excluding hydrogens is 485 g/mol. The molecule has 3 heterocycles. The second-order valence-corrected chi connectivity index (χ2v) is 7.99. The van der Waals surface area contributed by atoms with E-state index in [4.69, 9.17) is 4.74 Å². The highest BCUT2D eigenvalue weighted by atomic mass is 127. The van der Waals surface area contributed by atoms with Crippen molar-refractivity contribution in [2.75, 3.05) is 25.0 Å². The fourth-order valence-electron chi connectivity index (χ4n) is 3.23. The minimum absolute atomic E-state index is 0. The van der Waals surface area contributed by atoms with Crippen LogP contribution in [0, 0.1) is 6.92 Å². The van der Waals surface area contributed by atoms with Gasteiger partial charge < -0.3 is 20.3 Å². The number of rotatable bonds is 5. The van der Waals surface area contributed by atoms with E-state index < -0.39 is 0 Å². The zero-order valence-corrected chi connectivity index (χ0v) is 20.1. The van der Waals surface area contributed by atoms with Crippen LogP contribution >= 0.6 is 35.3 Å². The van der Waals surface area contributed by atoms with Crippen molar-refractivity contribution in [2.45, 2.75) is 46.1 Å². The van der Waals surface area contributed by atoms with Crippen LogP contribution in [0.25, 0.3) is 0 Å². The van der Waals surface area contributed by atoms with Crippen LogP contribution in [0.1, 0.15) is 29.9 Å². The average Bonchev–Trinajstić information content (AvgIpc) is 3.06. The van der Waals surface area contributed by atoms with Crippen LogP contribution in [-0.2, 0) is 17.8 Å². The summed E-state index contributed by atoms with van der Waals surface area (Å²) in [5, 5.41) is 8.83. The Morgan fingerprint density at radius 3 is 2.50 bits per heavy atom. The highest BCUT2D eigenvalue weighted by Gasteiger charge is 2.22. The molecule has 0 aliphatic carbocycles. The smallest absolute Gasteiger partial charge is 0.191 e. The maximum atomic E-state index is 5.80. The Morgan fingerprint density at radius 1 is 1.21 bits per heavy atom. The van der Waals surface area contributed by atoms with Gasteiger partial charge in [-0.05, 0) is 49.4 Å². The normalized spacial score (nSPS) is 19.9. The fourth-order valence-corrected chi connectivity index (χ4v) is 4.07. The first-order valence-electron chi connectivity index (χ1n) is 9.38. The van der Waals surface area contributed by atoms with Crippen molar-refractivity contribution in [1.82, 2.24) is 15.6 Å². The van der Waals surface area contributed by atoms with Gasteiger partial charge in [-0.25, -0.2) is 4.98 Å². The molecule has 2 aromatic heterocycles. The molecule has 2 N–H and O–H groups in total. The lowest BCUT2D eigenvalue weighted by Crippen LogP contribution is -2.45. The highest BCUT2D eigenvalue weighted by molar-refractivity contribution is 14.0. The third-order valence-corrected chi connectivity index (χ3v) is 5.64. The van der Waals surface area contributed by atoms with Crippen LogP contribution in [0.4, 0.5) is 5.82 Å². The van der Waals surface area contributed by atoms with Crippen molar-refractivity contribution in [3.63, 3.8) is 0 Å². The Balaban J connectivity index is 0.00000280. The molecule has 1 aliphatic heterocycles. The lowest BCUT2D eigenvalue weighted by Gasteiger charge is -2.36. The molecule has 0 radical (unpaired) electrons. The van der Waals surface area contributed by atoms with E-state index in [2.05, 4.69) is 69.9 Å². The third-order valence-electron chi connectivity index (χ3n) is 4.62. The number of pyridine rings is 1. The number of ether oxygens (including phenoxy) is 1. The van der Waals surface area contributed by atoms with Crippen LogP contribution in [0.3, 0.4) is 0 Å². The summed E-state index contributed by atoms with van der Waals surface area (Å²) in [7, 11) is 1.79. The maximum Gasteiger partial charge on any atom is 0.191 e. The second kappa shape index (κ2) is 11.0. The van der Waals surface area contributed by atoms with Gasteiger partial charge in [0.05, 0.1) is 18.8 Å². The quantitative estimate of drug-likeness (QED) is 0.363. The van der Waals surface area contributed by atoms with E-state index in [0.29, 0.717) is 6.54 Å². The summed E-state index contributed by atoms with van der Waals surface area (Å²) >= 11 is 1.76. The second-order valence-electron chi connectivity index (χ2n) is 6.99. The van der Waals surface area contributed by atoms with Gasteiger partial charge in [0.25, 0.3) is 0 Å². The van der Waals surface area contributed by atoms with Gasteiger partial charge in [-0.15, -0.1) is 35.3 Å². The summed E-state index contributed by atoms with van der Waals surface area (Å²) in [6.45, 7) is 9.59. The molecule has 2 atom stereocenters. The number of nitrogens with one attached hydrogen (secondary N) is 2. The molecule has 0 bridgehead atoms. The number of guanidine groups is 1. The fraction of sp³-hybridized carbons (Fsp3) is 0.500. The summed E-state index contributed by atoms with van der Waals surface area (Å²) in [5.41, 5.74) is 2.44. The number of aryl methyl sites for hydroxylation is 1. The minimum Gasteiger partial charge on any atom is -0.372 e. The number of anilines is 1. The number of hydrogen-bond acceptors (Lipinski definition) is 5. The van der Waals surface area contributed by atoms with Crippen molar-refractivity contribution in [3.8, 4) is 0 Å². The van der Waals surface area contributed by atoms with E-state index in [1.54, 1.807) is 18.4 Å². The number of aromatic nitrogens is 1. The first-order chi connectivity index (χ1) is 13.0. The van der Waals surface area contributed by atoms with Crippen molar-refractivity contribution >= 4 is 47.1 Å². The molecule has 1 aliphatic rings. The summed E-state index contributed by atoms with van der Waals surface area (Å²) in [6.07, 6.45) is 2.40. The Bertz CT molecular complexity index is 754. The lowest BCUT2D eigenvalue weighted by atomic mass is 10.2. The van der Waals surface area contributed by atoms with Gasteiger partial charge in [0.15, 0.2) is 5.96 Å². The molecule has 3 rings (SSSR count). The van der Waals surface area contributed by atoms with Crippen LogP contribution in [0.2, 0.25) is 0 Å². The van der Waals surface area contributed by atoms with Crippen molar-refractivity contribution in [3.05, 3.63) is 45.8 Å². The van der Waals surface area contributed by atoms with E-state index in [0.717, 1.165) is 37.0 Å². The van der Waals surface area contributed by atoms with E-state index in [1.165, 1.54) is 10.4 Å². The Hall–Kier alpha value is -1.39. The number of morpholine rings is 1. The minimum atomic E-state index is 0. The SMILES string of the molecule is CN=C(NCc1ccc(N2CC(C)OC(C)C2)nc1)NCc1sccc1C.I. The predicted molar refractivity (Wildman–Crippen MR) is 128 cm³/mol. The molecule has 28 heavy (non-hydrogen) atoms. The van der Waals surface area contributed by atoms with Crippen molar-refractivity contribution in [1.29, 1.82) is 0 Å². The Morgan fingerprint density at radius 2 is 1.93 bits per heavy atom. The molecule has 2 aromatic rings. The van der Waals surface area contributed by atoms with E-state index in [-0.39, 0.29) is 36.2 Å². The zero-order chi connectivity index (χ0) is 19.2. The summed E-state index contributed by atoms with van der Waals surface area (Å²) in [6, 6.07) is 6.35. The molecule has 1 fully saturated rings. The topological polar surface area (TPSA) is 61.8 Å². The molecule has 1 saturated heterocycles. The first-order valence-corrected chi connectivity index (χ1v) is 10.3. The average molecular weight is 515 g/mol. The van der Waals surface area contributed by atoms with Crippen LogP contribution in [-0.4, -0.2) is 43.3 Å². The maximum absolute atomic E-state index is 5.80. The molecule has 0 spiro atoms. The first kappa shape index (κ1) is 22.9. The summed E-state index contributed by atoms with van der Waals surface area (Å²) in [5.74, 6) is 1.80. The number of hydrogen-bond donors (Lipinski definition) is 2. The number of halogens is 1. The van der Waals surface area contributed by atoms with Crippen LogP contribution in [0.5, 0.6) is 0 Å². The van der Waals surface area contributed by atoms with E-state index in [1.807, 2.05) is 6.20 Å².